The highest BCUT2D eigenvalue weighted by atomic mass is 16.3. The van der Waals surface area contributed by atoms with E-state index < -0.39 is 0 Å². The van der Waals surface area contributed by atoms with Crippen molar-refractivity contribution in [3.63, 3.8) is 0 Å². The summed E-state index contributed by atoms with van der Waals surface area (Å²) in [5.41, 5.74) is 1.73. The van der Waals surface area contributed by atoms with Crippen LogP contribution in [0.25, 0.3) is 12.2 Å². The van der Waals surface area contributed by atoms with Gasteiger partial charge in [-0.1, -0.05) is 0 Å². The van der Waals surface area contributed by atoms with Crippen LogP contribution in [0, 0.1) is 0 Å². The zero-order chi connectivity index (χ0) is 12.4. The smallest absolute Gasteiger partial charge is 0.163 e. The number of rotatable bonds is 2. The van der Waals surface area contributed by atoms with Gasteiger partial charge in [0.05, 0.1) is 12.5 Å². The van der Waals surface area contributed by atoms with Crippen LogP contribution >= 0.6 is 0 Å². The van der Waals surface area contributed by atoms with Crippen LogP contribution in [0.3, 0.4) is 0 Å². The molecule has 0 radical (unpaired) electrons. The molecule has 3 nitrogen and oxygen atoms in total. The average molecular weight is 240 g/mol. The molecule has 2 heterocycles. The van der Waals surface area contributed by atoms with Crippen molar-refractivity contribution in [3.05, 3.63) is 59.5 Å². The van der Waals surface area contributed by atoms with E-state index in [1.165, 1.54) is 0 Å². The first kappa shape index (κ1) is 10.8. The summed E-state index contributed by atoms with van der Waals surface area (Å²) < 4.78 is 10.5. The van der Waals surface area contributed by atoms with Crippen molar-refractivity contribution in [2.24, 2.45) is 0 Å². The van der Waals surface area contributed by atoms with Gasteiger partial charge in [-0.15, -0.1) is 0 Å². The Labute approximate surface area is 104 Å². The molecule has 1 fully saturated rings. The molecule has 0 spiro atoms. The van der Waals surface area contributed by atoms with Gasteiger partial charge in [-0.2, -0.15) is 0 Å². The topological polar surface area (TPSA) is 43.4 Å². The van der Waals surface area contributed by atoms with Gasteiger partial charge in [-0.3, -0.25) is 4.79 Å². The summed E-state index contributed by atoms with van der Waals surface area (Å²) in [6, 6.07) is 7.35. The number of carbonyl (C=O) groups excluding carboxylic acids is 1. The summed E-state index contributed by atoms with van der Waals surface area (Å²) in [6.07, 6.45) is 8.25. The number of furan rings is 2. The number of ketones is 1. The van der Waals surface area contributed by atoms with E-state index in [0.29, 0.717) is 12.2 Å². The second kappa shape index (κ2) is 4.53. The van der Waals surface area contributed by atoms with Gasteiger partial charge in [0.15, 0.2) is 5.78 Å². The molecule has 0 aromatic carbocycles. The normalized spacial score (nSPS) is 20.1. The minimum Gasteiger partial charge on any atom is -0.465 e. The van der Waals surface area contributed by atoms with E-state index >= 15 is 0 Å². The predicted octanol–water partition coefficient (Wildman–Crippen LogP) is 3.70. The maximum Gasteiger partial charge on any atom is 0.163 e. The minimum absolute atomic E-state index is 0.157. The minimum atomic E-state index is 0.157. The van der Waals surface area contributed by atoms with Crippen LogP contribution in [0.2, 0.25) is 0 Å². The van der Waals surface area contributed by atoms with Crippen LogP contribution in [0.4, 0.5) is 0 Å². The third-order valence-corrected chi connectivity index (χ3v) is 2.96. The van der Waals surface area contributed by atoms with Crippen molar-refractivity contribution in [2.45, 2.75) is 12.8 Å². The lowest BCUT2D eigenvalue weighted by Gasteiger charge is -1.98. The Hall–Kier alpha value is -2.29. The summed E-state index contributed by atoms with van der Waals surface area (Å²) in [5.74, 6) is 1.62. The second-order valence-electron chi connectivity index (χ2n) is 4.18. The summed E-state index contributed by atoms with van der Waals surface area (Å²) in [6.45, 7) is 0. The standard InChI is InChI=1S/C15H12O3/c16-15-6-5-11(9-12-3-1-7-17-12)14(15)10-13-4-2-8-18-13/h1-4,7-10H,5-6H2. The molecule has 90 valence electrons. The van der Waals surface area contributed by atoms with E-state index in [2.05, 4.69) is 0 Å². The lowest BCUT2D eigenvalue weighted by Crippen LogP contribution is -1.92. The lowest BCUT2D eigenvalue weighted by molar-refractivity contribution is -0.114. The van der Waals surface area contributed by atoms with E-state index in [-0.39, 0.29) is 5.78 Å². The number of hydrogen-bond acceptors (Lipinski definition) is 3. The molecule has 0 amide bonds. The van der Waals surface area contributed by atoms with Gasteiger partial charge in [0.25, 0.3) is 0 Å². The third-order valence-electron chi connectivity index (χ3n) is 2.96. The highest BCUT2D eigenvalue weighted by Gasteiger charge is 2.23. The summed E-state index contributed by atoms with van der Waals surface area (Å²) in [4.78, 5) is 11.9. The average Bonchev–Trinajstić information content (AvgIpc) is 3.08. The number of Topliss-reactive ketones (excluding diaryl/α,β-unsaturated/α-hetero) is 1. The molecule has 2 aromatic heterocycles. The summed E-state index contributed by atoms with van der Waals surface area (Å²) in [5, 5.41) is 0. The van der Waals surface area contributed by atoms with Gasteiger partial charge >= 0.3 is 0 Å². The van der Waals surface area contributed by atoms with Crippen LogP contribution in [0.5, 0.6) is 0 Å². The fourth-order valence-corrected chi connectivity index (χ4v) is 2.08. The molecule has 0 unspecified atom stereocenters. The molecule has 0 atom stereocenters. The molecule has 3 rings (SSSR count). The van der Waals surface area contributed by atoms with E-state index in [9.17, 15) is 4.79 Å². The third kappa shape index (κ3) is 2.07. The first-order chi connectivity index (χ1) is 8.83. The van der Waals surface area contributed by atoms with Crippen LogP contribution in [0.1, 0.15) is 24.4 Å². The maximum absolute atomic E-state index is 11.9. The molecule has 18 heavy (non-hydrogen) atoms. The zero-order valence-electron chi connectivity index (χ0n) is 9.76. The van der Waals surface area contributed by atoms with E-state index in [0.717, 1.165) is 23.3 Å². The highest BCUT2D eigenvalue weighted by molar-refractivity contribution is 6.07. The fourth-order valence-electron chi connectivity index (χ4n) is 2.08. The molecule has 3 heteroatoms. The van der Waals surface area contributed by atoms with Crippen LogP contribution < -0.4 is 0 Å². The highest BCUT2D eigenvalue weighted by Crippen LogP contribution is 2.31. The van der Waals surface area contributed by atoms with Gasteiger partial charge < -0.3 is 8.83 Å². The lowest BCUT2D eigenvalue weighted by atomic mass is 10.1. The number of allylic oxidation sites excluding steroid dienone is 2. The number of carbonyl (C=O) groups is 1. The van der Waals surface area contributed by atoms with Gasteiger partial charge in [-0.05, 0) is 48.4 Å². The Balaban J connectivity index is 1.98. The molecular weight excluding hydrogens is 228 g/mol. The molecule has 0 N–H and O–H groups in total. The largest absolute Gasteiger partial charge is 0.465 e. The summed E-state index contributed by atoms with van der Waals surface area (Å²) >= 11 is 0. The number of hydrogen-bond donors (Lipinski definition) is 0. The van der Waals surface area contributed by atoms with Gasteiger partial charge in [-0.25, -0.2) is 0 Å². The molecule has 1 aliphatic carbocycles. The van der Waals surface area contributed by atoms with Crippen LogP contribution in [-0.2, 0) is 4.79 Å². The van der Waals surface area contributed by atoms with E-state index in [1.807, 2.05) is 30.3 Å². The van der Waals surface area contributed by atoms with Crippen molar-refractivity contribution < 1.29 is 13.6 Å². The van der Waals surface area contributed by atoms with E-state index in [1.54, 1.807) is 18.6 Å². The van der Waals surface area contributed by atoms with Crippen LogP contribution in [-0.4, -0.2) is 5.78 Å². The Morgan fingerprint density at radius 3 is 2.22 bits per heavy atom. The monoisotopic (exact) mass is 240 g/mol. The first-order valence-corrected chi connectivity index (χ1v) is 5.86. The van der Waals surface area contributed by atoms with Gasteiger partial charge in [0.1, 0.15) is 11.5 Å². The predicted molar refractivity (Wildman–Crippen MR) is 67.6 cm³/mol. The molecular formula is C15H12O3. The van der Waals surface area contributed by atoms with E-state index in [4.69, 9.17) is 8.83 Å². The van der Waals surface area contributed by atoms with Gasteiger partial charge in [0.2, 0.25) is 0 Å². The molecule has 0 aliphatic heterocycles. The summed E-state index contributed by atoms with van der Waals surface area (Å²) in [7, 11) is 0. The quantitative estimate of drug-likeness (QED) is 0.751. The van der Waals surface area contributed by atoms with Crippen LogP contribution in [0.15, 0.2) is 56.8 Å². The second-order valence-corrected chi connectivity index (χ2v) is 4.18. The van der Waals surface area contributed by atoms with Crippen molar-refractivity contribution in [1.82, 2.24) is 0 Å². The Kier molecular flexibility index (Phi) is 2.73. The molecule has 2 aromatic rings. The first-order valence-electron chi connectivity index (χ1n) is 5.86. The van der Waals surface area contributed by atoms with Crippen molar-refractivity contribution in [3.8, 4) is 0 Å². The molecule has 1 aliphatic rings. The molecule has 1 saturated carbocycles. The van der Waals surface area contributed by atoms with Crippen molar-refractivity contribution in [2.75, 3.05) is 0 Å². The van der Waals surface area contributed by atoms with Crippen molar-refractivity contribution in [1.29, 1.82) is 0 Å². The SMILES string of the molecule is O=C1CCC(=Cc2ccco2)C1=Cc1ccco1. The Morgan fingerprint density at radius 2 is 1.61 bits per heavy atom. The molecule has 0 bridgehead atoms. The van der Waals surface area contributed by atoms with Crippen molar-refractivity contribution >= 4 is 17.9 Å². The Morgan fingerprint density at radius 1 is 0.944 bits per heavy atom. The fraction of sp³-hybridized carbons (Fsp3) is 0.133. The van der Waals surface area contributed by atoms with Gasteiger partial charge in [0, 0.05) is 12.0 Å². The zero-order valence-corrected chi connectivity index (χ0v) is 9.76. The maximum atomic E-state index is 11.9. The Bertz CT molecular complexity index is 598. The molecule has 0 saturated heterocycles.